The van der Waals surface area contributed by atoms with Gasteiger partial charge in [-0.3, -0.25) is 4.99 Å². The van der Waals surface area contributed by atoms with Crippen molar-refractivity contribution in [1.82, 2.24) is 25.4 Å². The summed E-state index contributed by atoms with van der Waals surface area (Å²) in [5.41, 5.74) is -0.237. The highest BCUT2D eigenvalue weighted by Crippen LogP contribution is 2.04. The number of hydrogen-bond acceptors (Lipinski definition) is 4. The molecule has 0 saturated carbocycles. The van der Waals surface area contributed by atoms with Gasteiger partial charge in [0, 0.05) is 27.7 Å². The summed E-state index contributed by atoms with van der Waals surface area (Å²) in [5.74, 6) is 2.47. The van der Waals surface area contributed by atoms with Crippen LogP contribution in [0.2, 0.25) is 0 Å². The van der Waals surface area contributed by atoms with E-state index < -0.39 is 0 Å². The van der Waals surface area contributed by atoms with Crippen molar-refractivity contribution in [3.63, 3.8) is 0 Å². The Morgan fingerprint density at radius 3 is 2.53 bits per heavy atom. The van der Waals surface area contributed by atoms with E-state index in [0.29, 0.717) is 19.0 Å². The van der Waals surface area contributed by atoms with Crippen LogP contribution in [0, 0.1) is 6.92 Å². The third-order valence-electron chi connectivity index (χ3n) is 3.05. The monoisotopic (exact) mass is 268 g/mol. The second kappa shape index (κ2) is 6.51. The Kier molecular flexibility index (Phi) is 5.29. The number of aromatic nitrogens is 3. The average Bonchev–Trinajstić information content (AvgIpc) is 2.70. The Morgan fingerprint density at radius 1 is 1.37 bits per heavy atom. The SMILES string of the molecule is CN=C(NCc1nnc(C)n1C)NCC(C)(C)OC. The highest BCUT2D eigenvalue weighted by atomic mass is 16.5. The van der Waals surface area contributed by atoms with Gasteiger partial charge in [0.15, 0.2) is 11.8 Å². The van der Waals surface area contributed by atoms with E-state index in [1.807, 2.05) is 32.4 Å². The number of aryl methyl sites for hydroxylation is 1. The zero-order valence-corrected chi connectivity index (χ0v) is 12.6. The van der Waals surface area contributed by atoms with Crippen molar-refractivity contribution in [2.24, 2.45) is 12.0 Å². The fourth-order valence-corrected chi connectivity index (χ4v) is 1.36. The normalized spacial score (nSPS) is 12.6. The van der Waals surface area contributed by atoms with Crippen LogP contribution in [0.1, 0.15) is 25.5 Å². The van der Waals surface area contributed by atoms with Crippen molar-refractivity contribution < 1.29 is 4.74 Å². The van der Waals surface area contributed by atoms with Gasteiger partial charge in [-0.15, -0.1) is 10.2 Å². The van der Waals surface area contributed by atoms with Gasteiger partial charge in [0.1, 0.15) is 5.82 Å². The van der Waals surface area contributed by atoms with Crippen LogP contribution in [-0.2, 0) is 18.3 Å². The Morgan fingerprint density at radius 2 is 2.05 bits per heavy atom. The van der Waals surface area contributed by atoms with E-state index >= 15 is 0 Å². The highest BCUT2D eigenvalue weighted by molar-refractivity contribution is 5.79. The van der Waals surface area contributed by atoms with Crippen molar-refractivity contribution in [1.29, 1.82) is 0 Å². The van der Waals surface area contributed by atoms with Crippen LogP contribution in [0.15, 0.2) is 4.99 Å². The molecule has 7 nitrogen and oxygen atoms in total. The molecule has 0 spiro atoms. The molecule has 0 unspecified atom stereocenters. The number of nitrogens with one attached hydrogen (secondary N) is 2. The third kappa shape index (κ3) is 4.51. The maximum atomic E-state index is 5.35. The summed E-state index contributed by atoms with van der Waals surface area (Å²) < 4.78 is 7.29. The molecule has 0 fully saturated rings. The van der Waals surface area contributed by atoms with Crippen molar-refractivity contribution in [2.45, 2.75) is 32.9 Å². The molecule has 1 rings (SSSR count). The summed E-state index contributed by atoms with van der Waals surface area (Å²) in [5, 5.41) is 14.5. The zero-order chi connectivity index (χ0) is 14.5. The topological polar surface area (TPSA) is 76.4 Å². The van der Waals surface area contributed by atoms with Crippen molar-refractivity contribution >= 4 is 5.96 Å². The standard InChI is InChI=1S/C12H24N6O/c1-9-16-17-10(18(9)5)7-14-11(13-4)15-8-12(2,3)19-6/h7-8H2,1-6H3,(H2,13,14,15). The summed E-state index contributed by atoms with van der Waals surface area (Å²) >= 11 is 0. The molecule has 0 aromatic carbocycles. The van der Waals surface area contributed by atoms with Crippen LogP contribution in [0.3, 0.4) is 0 Å². The molecular weight excluding hydrogens is 244 g/mol. The Hall–Kier alpha value is -1.63. The summed E-state index contributed by atoms with van der Waals surface area (Å²) in [4.78, 5) is 4.16. The minimum Gasteiger partial charge on any atom is -0.377 e. The molecule has 0 amide bonds. The van der Waals surface area contributed by atoms with E-state index in [1.54, 1.807) is 14.2 Å². The maximum absolute atomic E-state index is 5.35. The maximum Gasteiger partial charge on any atom is 0.191 e. The molecule has 19 heavy (non-hydrogen) atoms. The van der Waals surface area contributed by atoms with Gasteiger partial charge in [-0.1, -0.05) is 0 Å². The number of hydrogen-bond donors (Lipinski definition) is 2. The van der Waals surface area contributed by atoms with Crippen LogP contribution in [0.25, 0.3) is 0 Å². The average molecular weight is 268 g/mol. The lowest BCUT2D eigenvalue weighted by Crippen LogP contribution is -2.45. The number of nitrogens with zero attached hydrogens (tertiary/aromatic N) is 4. The lowest BCUT2D eigenvalue weighted by molar-refractivity contribution is 0.0268. The first-order chi connectivity index (χ1) is 8.89. The summed E-state index contributed by atoms with van der Waals surface area (Å²) in [6.07, 6.45) is 0. The van der Waals surface area contributed by atoms with Crippen molar-refractivity contribution in [3.8, 4) is 0 Å². The molecule has 1 heterocycles. The number of methoxy groups -OCH3 is 1. The molecule has 0 radical (unpaired) electrons. The fraction of sp³-hybridized carbons (Fsp3) is 0.750. The van der Waals surface area contributed by atoms with Gasteiger partial charge in [-0.25, -0.2) is 0 Å². The molecule has 108 valence electrons. The number of aliphatic imine (C=N–C) groups is 1. The molecule has 1 aromatic heterocycles. The molecular formula is C12H24N6O. The zero-order valence-electron chi connectivity index (χ0n) is 12.6. The third-order valence-corrected chi connectivity index (χ3v) is 3.05. The number of rotatable bonds is 5. The second-order valence-corrected chi connectivity index (χ2v) is 4.97. The smallest absolute Gasteiger partial charge is 0.191 e. The molecule has 0 atom stereocenters. The molecule has 0 aliphatic carbocycles. The van der Waals surface area contributed by atoms with Crippen LogP contribution in [0.5, 0.6) is 0 Å². The summed E-state index contributed by atoms with van der Waals surface area (Å²) in [6, 6.07) is 0. The van der Waals surface area contributed by atoms with E-state index in [1.165, 1.54) is 0 Å². The first-order valence-electron chi connectivity index (χ1n) is 6.24. The molecule has 0 aliphatic rings. The molecule has 0 saturated heterocycles. The predicted molar refractivity (Wildman–Crippen MR) is 75.0 cm³/mol. The second-order valence-electron chi connectivity index (χ2n) is 4.97. The molecule has 1 aromatic rings. The molecule has 0 aliphatic heterocycles. The molecule has 2 N–H and O–H groups in total. The lowest BCUT2D eigenvalue weighted by Gasteiger charge is -2.24. The quantitative estimate of drug-likeness (QED) is 0.590. The van der Waals surface area contributed by atoms with Crippen LogP contribution >= 0.6 is 0 Å². The lowest BCUT2D eigenvalue weighted by atomic mass is 10.1. The minimum absolute atomic E-state index is 0.237. The van der Waals surface area contributed by atoms with E-state index in [2.05, 4.69) is 25.8 Å². The van der Waals surface area contributed by atoms with E-state index in [-0.39, 0.29) is 5.60 Å². The predicted octanol–water partition coefficient (Wildman–Crippen LogP) is 0.214. The van der Waals surface area contributed by atoms with Crippen LogP contribution < -0.4 is 10.6 Å². The van der Waals surface area contributed by atoms with Crippen molar-refractivity contribution in [2.75, 3.05) is 20.7 Å². The van der Waals surface area contributed by atoms with Gasteiger partial charge < -0.3 is 19.9 Å². The summed E-state index contributed by atoms with van der Waals surface area (Å²) in [6.45, 7) is 7.19. The minimum atomic E-state index is -0.237. The van der Waals surface area contributed by atoms with Gasteiger partial charge in [-0.05, 0) is 20.8 Å². The molecule has 7 heteroatoms. The van der Waals surface area contributed by atoms with Gasteiger partial charge in [-0.2, -0.15) is 0 Å². The van der Waals surface area contributed by atoms with Gasteiger partial charge in [0.05, 0.1) is 12.1 Å². The van der Waals surface area contributed by atoms with Gasteiger partial charge in [0.25, 0.3) is 0 Å². The Balaban J connectivity index is 2.48. The van der Waals surface area contributed by atoms with Crippen LogP contribution in [0.4, 0.5) is 0 Å². The fourth-order valence-electron chi connectivity index (χ4n) is 1.36. The van der Waals surface area contributed by atoms with E-state index in [9.17, 15) is 0 Å². The first kappa shape index (κ1) is 15.4. The van der Waals surface area contributed by atoms with Crippen molar-refractivity contribution in [3.05, 3.63) is 11.6 Å². The molecule has 0 bridgehead atoms. The van der Waals surface area contributed by atoms with Gasteiger partial charge in [0.2, 0.25) is 0 Å². The number of ether oxygens (including phenoxy) is 1. The number of guanidine groups is 1. The van der Waals surface area contributed by atoms with E-state index in [0.717, 1.165) is 11.6 Å². The summed E-state index contributed by atoms with van der Waals surface area (Å²) in [7, 11) is 5.37. The van der Waals surface area contributed by atoms with E-state index in [4.69, 9.17) is 4.74 Å². The Bertz CT molecular complexity index is 437. The first-order valence-corrected chi connectivity index (χ1v) is 6.24. The highest BCUT2D eigenvalue weighted by Gasteiger charge is 2.16. The van der Waals surface area contributed by atoms with Crippen LogP contribution in [-0.4, -0.2) is 47.0 Å². The van der Waals surface area contributed by atoms with Gasteiger partial charge >= 0.3 is 0 Å². The largest absolute Gasteiger partial charge is 0.377 e. The Labute approximate surface area is 114 Å².